The lowest BCUT2D eigenvalue weighted by molar-refractivity contribution is 0.0222. The van der Waals surface area contributed by atoms with E-state index in [-0.39, 0.29) is 29.1 Å². The van der Waals surface area contributed by atoms with Crippen LogP contribution in [0.15, 0.2) is 0 Å². The summed E-state index contributed by atoms with van der Waals surface area (Å²) >= 11 is 0. The molecule has 0 aromatic carbocycles. The van der Waals surface area contributed by atoms with E-state index < -0.39 is 0 Å². The molecule has 3 rings (SSSR count). The van der Waals surface area contributed by atoms with Gasteiger partial charge in [0.2, 0.25) is 0 Å². The van der Waals surface area contributed by atoms with Crippen molar-refractivity contribution in [2.75, 3.05) is 26.4 Å². The Hall–Kier alpha value is -0.810. The van der Waals surface area contributed by atoms with Crippen LogP contribution in [0.25, 0.3) is 0 Å². The Morgan fingerprint density at radius 2 is 2.00 bits per heavy atom. The molecule has 0 radical (unpaired) electrons. The van der Waals surface area contributed by atoms with Crippen LogP contribution in [0.2, 0.25) is 0 Å². The van der Waals surface area contributed by atoms with Crippen LogP contribution in [-0.4, -0.2) is 55.0 Å². The fourth-order valence-electron chi connectivity index (χ4n) is 3.86. The number of fused-ring (bicyclic) bond motifs is 1. The number of rotatable bonds is 1. The van der Waals surface area contributed by atoms with Gasteiger partial charge < -0.3 is 19.7 Å². The summed E-state index contributed by atoms with van der Waals surface area (Å²) in [4.78, 5) is 14.6. The van der Waals surface area contributed by atoms with Gasteiger partial charge in [-0.2, -0.15) is 0 Å². The van der Waals surface area contributed by atoms with E-state index in [1.165, 1.54) is 0 Å². The number of hydrogen-bond acceptors (Lipinski definition) is 3. The van der Waals surface area contributed by atoms with E-state index in [0.29, 0.717) is 12.5 Å². The van der Waals surface area contributed by atoms with Gasteiger partial charge in [0.15, 0.2) is 0 Å². The topological polar surface area (TPSA) is 50.8 Å². The molecule has 0 aliphatic carbocycles. The van der Waals surface area contributed by atoms with Crippen LogP contribution in [0.5, 0.6) is 0 Å². The van der Waals surface area contributed by atoms with Crippen LogP contribution in [0.1, 0.15) is 34.1 Å². The number of amides is 2. The van der Waals surface area contributed by atoms with Gasteiger partial charge in [0, 0.05) is 19.1 Å². The summed E-state index contributed by atoms with van der Waals surface area (Å²) in [5.74, 6) is 0.459. The van der Waals surface area contributed by atoms with E-state index in [2.05, 4.69) is 19.2 Å². The highest BCUT2D eigenvalue weighted by Gasteiger charge is 2.52. The Balaban J connectivity index is 1.69. The first-order valence-corrected chi connectivity index (χ1v) is 7.60. The number of likely N-dealkylation sites (tertiary alicyclic amines) is 1. The molecular weight excluding hydrogens is 256 g/mol. The summed E-state index contributed by atoms with van der Waals surface area (Å²) in [5, 5.41) is 3.17. The summed E-state index contributed by atoms with van der Waals surface area (Å²) in [6.07, 6.45) is 0.889. The predicted molar refractivity (Wildman–Crippen MR) is 75.6 cm³/mol. The Bertz CT molecular complexity index is 408. The number of urea groups is 1. The maximum absolute atomic E-state index is 12.6. The van der Waals surface area contributed by atoms with Gasteiger partial charge in [-0.05, 0) is 25.7 Å². The van der Waals surface area contributed by atoms with Gasteiger partial charge in [0.1, 0.15) is 0 Å². The van der Waals surface area contributed by atoms with Crippen LogP contribution in [-0.2, 0) is 9.47 Å². The first-order chi connectivity index (χ1) is 9.31. The van der Waals surface area contributed by atoms with Crippen molar-refractivity contribution >= 4 is 6.03 Å². The quantitative estimate of drug-likeness (QED) is 0.795. The van der Waals surface area contributed by atoms with Gasteiger partial charge in [-0.15, -0.1) is 0 Å². The average molecular weight is 282 g/mol. The molecule has 20 heavy (non-hydrogen) atoms. The second kappa shape index (κ2) is 4.60. The fraction of sp³-hybridized carbons (Fsp3) is 0.933. The standard InChI is InChI=1S/C15H26N2O3/c1-14(2)9-17(11-8-19-7-10(11)14)13(18)16-12-5-6-20-15(12,3)4/h10-12H,5-9H2,1-4H3,(H,16,18)/t10-,11+,12?/m0/s1. The third-order valence-electron chi connectivity index (χ3n) is 5.31. The van der Waals surface area contributed by atoms with Crippen LogP contribution in [0, 0.1) is 11.3 Å². The number of carbonyl (C=O) groups is 1. The summed E-state index contributed by atoms with van der Waals surface area (Å²) in [5.41, 5.74) is -0.128. The Morgan fingerprint density at radius 1 is 1.25 bits per heavy atom. The zero-order valence-corrected chi connectivity index (χ0v) is 12.9. The monoisotopic (exact) mass is 282 g/mol. The van der Waals surface area contributed by atoms with Crippen molar-refractivity contribution in [2.45, 2.75) is 51.8 Å². The van der Waals surface area contributed by atoms with Crippen molar-refractivity contribution in [3.63, 3.8) is 0 Å². The number of nitrogens with zero attached hydrogens (tertiary/aromatic N) is 1. The second-order valence-corrected chi connectivity index (χ2v) is 7.57. The first kappa shape index (κ1) is 14.1. The summed E-state index contributed by atoms with van der Waals surface area (Å²) in [7, 11) is 0. The molecule has 3 heterocycles. The molecule has 114 valence electrons. The van der Waals surface area contributed by atoms with Gasteiger partial charge in [0.25, 0.3) is 0 Å². The molecule has 0 aromatic heterocycles. The lowest BCUT2D eigenvalue weighted by Crippen LogP contribution is -2.52. The Morgan fingerprint density at radius 3 is 2.65 bits per heavy atom. The number of hydrogen-bond donors (Lipinski definition) is 1. The minimum atomic E-state index is -0.267. The molecule has 5 nitrogen and oxygen atoms in total. The third kappa shape index (κ3) is 2.21. The minimum Gasteiger partial charge on any atom is -0.379 e. The SMILES string of the molecule is CC1(C)OCCC1NC(=O)N1CC(C)(C)[C@H]2COC[C@H]21. The molecule has 0 saturated carbocycles. The normalized spacial score (nSPS) is 38.0. The van der Waals surface area contributed by atoms with E-state index in [1.807, 2.05) is 18.7 Å². The van der Waals surface area contributed by atoms with Crippen LogP contribution >= 0.6 is 0 Å². The van der Waals surface area contributed by atoms with Gasteiger partial charge in [-0.25, -0.2) is 4.79 Å². The van der Waals surface area contributed by atoms with Crippen molar-refractivity contribution in [3.05, 3.63) is 0 Å². The number of nitrogens with one attached hydrogen (secondary N) is 1. The highest BCUT2D eigenvalue weighted by atomic mass is 16.5. The highest BCUT2D eigenvalue weighted by Crippen LogP contribution is 2.43. The average Bonchev–Trinajstić information content (AvgIpc) is 2.98. The predicted octanol–water partition coefficient (Wildman–Crippen LogP) is 1.62. The summed E-state index contributed by atoms with van der Waals surface area (Å²) in [6.45, 7) is 11.5. The molecule has 2 amide bonds. The molecular formula is C15H26N2O3. The molecule has 0 spiro atoms. The van der Waals surface area contributed by atoms with Gasteiger partial charge in [-0.1, -0.05) is 13.8 Å². The molecule has 3 fully saturated rings. The van der Waals surface area contributed by atoms with E-state index in [0.717, 1.165) is 26.2 Å². The summed E-state index contributed by atoms with van der Waals surface area (Å²) in [6, 6.07) is 0.370. The van der Waals surface area contributed by atoms with Crippen molar-refractivity contribution in [1.29, 1.82) is 0 Å². The lowest BCUT2D eigenvalue weighted by atomic mass is 9.80. The smallest absolute Gasteiger partial charge is 0.318 e. The molecule has 3 atom stereocenters. The molecule has 3 aliphatic rings. The molecule has 1 unspecified atom stereocenters. The fourth-order valence-corrected chi connectivity index (χ4v) is 3.86. The molecule has 3 aliphatic heterocycles. The third-order valence-corrected chi connectivity index (χ3v) is 5.31. The molecule has 1 N–H and O–H groups in total. The molecule has 3 saturated heterocycles. The summed E-state index contributed by atoms with van der Waals surface area (Å²) < 4.78 is 11.3. The van der Waals surface area contributed by atoms with Crippen molar-refractivity contribution in [1.82, 2.24) is 10.2 Å². The van der Waals surface area contributed by atoms with Gasteiger partial charge >= 0.3 is 6.03 Å². The molecule has 0 aromatic rings. The van der Waals surface area contributed by atoms with Gasteiger partial charge in [0.05, 0.1) is 30.9 Å². The second-order valence-electron chi connectivity index (χ2n) is 7.57. The van der Waals surface area contributed by atoms with Crippen molar-refractivity contribution in [3.8, 4) is 0 Å². The van der Waals surface area contributed by atoms with Crippen LogP contribution in [0.3, 0.4) is 0 Å². The lowest BCUT2D eigenvalue weighted by Gasteiger charge is -2.30. The van der Waals surface area contributed by atoms with Crippen molar-refractivity contribution < 1.29 is 14.3 Å². The molecule has 5 heteroatoms. The van der Waals surface area contributed by atoms with Crippen LogP contribution in [0.4, 0.5) is 4.79 Å². The Labute approximate surface area is 121 Å². The first-order valence-electron chi connectivity index (χ1n) is 7.60. The van der Waals surface area contributed by atoms with Crippen molar-refractivity contribution in [2.24, 2.45) is 11.3 Å². The van der Waals surface area contributed by atoms with E-state index in [9.17, 15) is 4.79 Å². The largest absolute Gasteiger partial charge is 0.379 e. The van der Waals surface area contributed by atoms with Gasteiger partial charge in [-0.3, -0.25) is 0 Å². The highest BCUT2D eigenvalue weighted by molar-refractivity contribution is 5.75. The maximum Gasteiger partial charge on any atom is 0.318 e. The number of carbonyl (C=O) groups excluding carboxylic acids is 1. The Kier molecular flexibility index (Phi) is 3.25. The zero-order chi connectivity index (χ0) is 14.5. The van der Waals surface area contributed by atoms with Crippen LogP contribution < -0.4 is 5.32 Å². The number of ether oxygens (including phenoxy) is 2. The van der Waals surface area contributed by atoms with E-state index in [4.69, 9.17) is 9.47 Å². The van der Waals surface area contributed by atoms with E-state index >= 15 is 0 Å². The maximum atomic E-state index is 12.6. The molecule has 0 bridgehead atoms. The minimum absolute atomic E-state index is 0.0413. The van der Waals surface area contributed by atoms with E-state index in [1.54, 1.807) is 0 Å². The zero-order valence-electron chi connectivity index (χ0n) is 12.9.